The lowest BCUT2D eigenvalue weighted by Gasteiger charge is -2.23. The summed E-state index contributed by atoms with van der Waals surface area (Å²) in [5.74, 6) is 0.0686. The first-order valence-electron chi connectivity index (χ1n) is 5.06. The van der Waals surface area contributed by atoms with E-state index < -0.39 is 0 Å². The fraction of sp³-hybridized carbons (Fsp3) is 0.900. The second kappa shape index (κ2) is 5.32. The maximum absolute atomic E-state index is 11.5. The number of rotatable bonds is 4. The molecule has 82 valence electrons. The maximum Gasteiger partial charge on any atom is 0.323 e. The van der Waals surface area contributed by atoms with Gasteiger partial charge in [-0.05, 0) is 6.42 Å². The monoisotopic (exact) mass is 201 g/mol. The van der Waals surface area contributed by atoms with Crippen LogP contribution >= 0.6 is 0 Å². The average Bonchev–Trinajstić information content (AvgIpc) is 2.65. The van der Waals surface area contributed by atoms with Crippen LogP contribution in [0.5, 0.6) is 0 Å². The first-order valence-corrected chi connectivity index (χ1v) is 5.06. The summed E-state index contributed by atoms with van der Waals surface area (Å²) in [6.07, 6.45) is 0.930. The van der Waals surface area contributed by atoms with Crippen LogP contribution in [0.3, 0.4) is 0 Å². The molecule has 0 saturated carbocycles. The molecule has 1 rings (SSSR count). The van der Waals surface area contributed by atoms with E-state index in [2.05, 4.69) is 5.32 Å². The number of esters is 1. The second-order valence-corrected chi connectivity index (χ2v) is 3.95. The zero-order valence-electron chi connectivity index (χ0n) is 9.08. The van der Waals surface area contributed by atoms with Crippen LogP contribution in [0.15, 0.2) is 0 Å². The van der Waals surface area contributed by atoms with E-state index in [0.717, 1.165) is 13.0 Å². The third-order valence-electron chi connectivity index (χ3n) is 2.40. The van der Waals surface area contributed by atoms with Crippen molar-refractivity contribution in [3.8, 4) is 0 Å². The van der Waals surface area contributed by atoms with Crippen molar-refractivity contribution in [1.82, 2.24) is 5.32 Å². The molecule has 1 N–H and O–H groups in total. The molecule has 1 aliphatic heterocycles. The molecule has 0 aromatic heterocycles. The molecule has 2 atom stereocenters. The topological polar surface area (TPSA) is 47.6 Å². The van der Waals surface area contributed by atoms with E-state index in [1.54, 1.807) is 0 Å². The van der Waals surface area contributed by atoms with Crippen molar-refractivity contribution in [2.45, 2.75) is 32.4 Å². The average molecular weight is 201 g/mol. The van der Waals surface area contributed by atoms with Crippen LogP contribution in [0.1, 0.15) is 20.3 Å². The summed E-state index contributed by atoms with van der Waals surface area (Å²) in [6, 6.07) is 0.0576. The highest BCUT2D eigenvalue weighted by molar-refractivity contribution is 5.76. The van der Waals surface area contributed by atoms with Crippen molar-refractivity contribution in [3.63, 3.8) is 0 Å². The molecule has 0 amide bonds. The molecule has 1 heterocycles. The zero-order chi connectivity index (χ0) is 10.6. The molecule has 4 nitrogen and oxygen atoms in total. The van der Waals surface area contributed by atoms with Gasteiger partial charge in [0.15, 0.2) is 0 Å². The van der Waals surface area contributed by atoms with E-state index in [0.29, 0.717) is 6.61 Å². The van der Waals surface area contributed by atoms with Gasteiger partial charge in [0.05, 0.1) is 13.7 Å². The molecule has 4 heteroatoms. The van der Waals surface area contributed by atoms with Gasteiger partial charge in [-0.1, -0.05) is 13.8 Å². The third kappa shape index (κ3) is 2.96. The van der Waals surface area contributed by atoms with E-state index in [9.17, 15) is 4.79 Å². The molecule has 1 aliphatic rings. The largest absolute Gasteiger partial charge is 0.468 e. The molecular formula is C10H19NO3. The van der Waals surface area contributed by atoms with Crippen LogP contribution in [0.25, 0.3) is 0 Å². The minimum Gasteiger partial charge on any atom is -0.468 e. The van der Waals surface area contributed by atoms with Gasteiger partial charge in [0.2, 0.25) is 0 Å². The smallest absolute Gasteiger partial charge is 0.323 e. The normalized spacial score (nSPS) is 23.9. The Morgan fingerprint density at radius 1 is 1.57 bits per heavy atom. The van der Waals surface area contributed by atoms with Gasteiger partial charge < -0.3 is 14.8 Å². The summed E-state index contributed by atoms with van der Waals surface area (Å²) in [6.45, 7) is 5.44. The number of hydrogen-bond acceptors (Lipinski definition) is 4. The van der Waals surface area contributed by atoms with Gasteiger partial charge in [-0.25, -0.2) is 0 Å². The number of hydrogen-bond donors (Lipinski definition) is 1. The Kier molecular flexibility index (Phi) is 4.35. The van der Waals surface area contributed by atoms with Crippen molar-refractivity contribution in [2.24, 2.45) is 5.92 Å². The molecule has 0 aromatic carbocycles. The van der Waals surface area contributed by atoms with E-state index >= 15 is 0 Å². The van der Waals surface area contributed by atoms with Crippen LogP contribution in [-0.4, -0.2) is 38.4 Å². The van der Waals surface area contributed by atoms with Gasteiger partial charge in [0.25, 0.3) is 0 Å². The highest BCUT2D eigenvalue weighted by atomic mass is 16.5. The number of ether oxygens (including phenoxy) is 2. The molecule has 1 fully saturated rings. The molecule has 0 aromatic rings. The number of nitrogens with one attached hydrogen (secondary N) is 1. The van der Waals surface area contributed by atoms with Gasteiger partial charge in [0, 0.05) is 18.6 Å². The van der Waals surface area contributed by atoms with Crippen LogP contribution < -0.4 is 5.32 Å². The lowest BCUT2D eigenvalue weighted by Crippen LogP contribution is -2.46. The molecule has 2 unspecified atom stereocenters. The Morgan fingerprint density at radius 3 is 2.71 bits per heavy atom. The zero-order valence-corrected chi connectivity index (χ0v) is 9.08. The quantitative estimate of drug-likeness (QED) is 0.675. The van der Waals surface area contributed by atoms with E-state index in [1.165, 1.54) is 7.11 Å². The van der Waals surface area contributed by atoms with Crippen molar-refractivity contribution in [1.29, 1.82) is 0 Å². The predicted octanol–water partition coefficient (Wildman–Crippen LogP) is 0.562. The fourth-order valence-corrected chi connectivity index (χ4v) is 1.70. The highest BCUT2D eigenvalue weighted by Gasteiger charge is 2.32. The predicted molar refractivity (Wildman–Crippen MR) is 53.0 cm³/mol. The minimum atomic E-state index is -0.220. The Labute approximate surface area is 85.0 Å². The van der Waals surface area contributed by atoms with Crippen LogP contribution in [0.2, 0.25) is 0 Å². The molecule has 0 aliphatic carbocycles. The third-order valence-corrected chi connectivity index (χ3v) is 2.40. The summed E-state index contributed by atoms with van der Waals surface area (Å²) in [4.78, 5) is 11.5. The lowest BCUT2D eigenvalue weighted by atomic mass is 9.98. The molecule has 0 bridgehead atoms. The highest BCUT2D eigenvalue weighted by Crippen LogP contribution is 2.18. The molecule has 0 spiro atoms. The molecule has 14 heavy (non-hydrogen) atoms. The van der Waals surface area contributed by atoms with E-state index in [4.69, 9.17) is 9.47 Å². The number of carbonyl (C=O) groups excluding carboxylic acids is 1. The minimum absolute atomic E-state index is 0.186. The first kappa shape index (κ1) is 11.5. The first-order chi connectivity index (χ1) is 6.65. The van der Waals surface area contributed by atoms with Gasteiger partial charge in [0.1, 0.15) is 6.04 Å². The maximum atomic E-state index is 11.5. The van der Waals surface area contributed by atoms with Crippen molar-refractivity contribution >= 4 is 5.97 Å². The van der Waals surface area contributed by atoms with Gasteiger partial charge in [-0.15, -0.1) is 0 Å². The van der Waals surface area contributed by atoms with E-state index in [-0.39, 0.29) is 24.0 Å². The number of carbonyl (C=O) groups is 1. The lowest BCUT2D eigenvalue weighted by molar-refractivity contribution is -0.144. The summed E-state index contributed by atoms with van der Waals surface area (Å²) >= 11 is 0. The standard InChI is InChI=1S/C10H19NO3/c1-7(2)11-9(10(12)13-3)8-4-5-14-6-8/h7-9,11H,4-6H2,1-3H3. The molecule has 0 radical (unpaired) electrons. The summed E-state index contributed by atoms with van der Waals surface area (Å²) < 4.78 is 10.0. The molecule has 1 saturated heterocycles. The van der Waals surface area contributed by atoms with Crippen molar-refractivity contribution < 1.29 is 14.3 Å². The fourth-order valence-electron chi connectivity index (χ4n) is 1.70. The Morgan fingerprint density at radius 2 is 2.29 bits per heavy atom. The Bertz CT molecular complexity index is 188. The Balaban J connectivity index is 2.55. The van der Waals surface area contributed by atoms with Crippen LogP contribution in [0, 0.1) is 5.92 Å². The second-order valence-electron chi connectivity index (χ2n) is 3.95. The summed E-state index contributed by atoms with van der Waals surface area (Å²) in [7, 11) is 1.42. The van der Waals surface area contributed by atoms with Gasteiger partial charge in [-0.2, -0.15) is 0 Å². The molecular weight excluding hydrogens is 182 g/mol. The van der Waals surface area contributed by atoms with Crippen molar-refractivity contribution in [3.05, 3.63) is 0 Å². The summed E-state index contributed by atoms with van der Waals surface area (Å²) in [5, 5.41) is 3.22. The SMILES string of the molecule is COC(=O)C(NC(C)C)C1CCOC1. The van der Waals surface area contributed by atoms with E-state index in [1.807, 2.05) is 13.8 Å². The van der Waals surface area contributed by atoms with Crippen LogP contribution in [-0.2, 0) is 14.3 Å². The van der Waals surface area contributed by atoms with Gasteiger partial charge >= 0.3 is 5.97 Å². The van der Waals surface area contributed by atoms with Gasteiger partial charge in [-0.3, -0.25) is 4.79 Å². The summed E-state index contributed by atoms with van der Waals surface area (Å²) in [5.41, 5.74) is 0. The number of methoxy groups -OCH3 is 1. The van der Waals surface area contributed by atoms with Crippen LogP contribution in [0.4, 0.5) is 0 Å². The van der Waals surface area contributed by atoms with Crippen molar-refractivity contribution in [2.75, 3.05) is 20.3 Å². The Hall–Kier alpha value is -0.610.